The Balaban J connectivity index is 1.38. The van der Waals surface area contributed by atoms with Crippen molar-refractivity contribution in [2.75, 3.05) is 0 Å². The van der Waals surface area contributed by atoms with E-state index < -0.39 is 42.0 Å². The third-order valence-corrected chi connectivity index (χ3v) is 7.39. The number of benzene rings is 4. The molecule has 0 aliphatic rings. The van der Waals surface area contributed by atoms with Crippen LogP contribution in [0.3, 0.4) is 0 Å². The van der Waals surface area contributed by atoms with E-state index >= 15 is 0 Å². The zero-order valence-electron chi connectivity index (χ0n) is 27.5. The van der Waals surface area contributed by atoms with Gasteiger partial charge in [0.1, 0.15) is 38.5 Å². The number of rotatable bonds is 18. The van der Waals surface area contributed by atoms with Crippen molar-refractivity contribution < 1.29 is 42.9 Å². The highest BCUT2D eigenvalue weighted by atomic mass is 16.5. The molecule has 2 N–H and O–H groups in total. The number of amides is 2. The number of nitrogens with one attached hydrogen (secondary N) is 2. The van der Waals surface area contributed by atoms with Gasteiger partial charge in [0, 0.05) is 12.8 Å². The van der Waals surface area contributed by atoms with E-state index in [2.05, 4.69) is 10.6 Å². The maximum absolute atomic E-state index is 13.3. The maximum atomic E-state index is 13.3. The fourth-order valence-corrected chi connectivity index (χ4v) is 4.66. The Bertz CT molecular complexity index is 1530. The third-order valence-electron chi connectivity index (χ3n) is 7.39. The van der Waals surface area contributed by atoms with E-state index in [1.165, 1.54) is 0 Å². The van der Waals surface area contributed by atoms with Crippen molar-refractivity contribution in [3.05, 3.63) is 144 Å². The number of hydrogen-bond acceptors (Lipinski definition) is 9. The zero-order valence-corrected chi connectivity index (χ0v) is 27.5. The minimum Gasteiger partial charge on any atom is -0.461 e. The van der Waals surface area contributed by atoms with Crippen LogP contribution in [0.25, 0.3) is 0 Å². The van der Waals surface area contributed by atoms with Gasteiger partial charge in [-0.25, -0.2) is 14.4 Å². The molecular formula is C39H40N2O9. The number of esters is 4. The molecule has 0 fully saturated rings. The van der Waals surface area contributed by atoms with Gasteiger partial charge in [0.2, 0.25) is 0 Å². The second kappa shape index (κ2) is 20.4. The lowest BCUT2D eigenvalue weighted by Crippen LogP contribution is -2.52. The van der Waals surface area contributed by atoms with Gasteiger partial charge in [-0.3, -0.25) is 9.59 Å². The summed E-state index contributed by atoms with van der Waals surface area (Å²) in [6, 6.07) is 32.7. The van der Waals surface area contributed by atoms with Gasteiger partial charge < -0.3 is 29.6 Å². The summed E-state index contributed by atoms with van der Waals surface area (Å²) in [4.78, 5) is 64.7. The molecule has 0 aliphatic heterocycles. The first-order chi connectivity index (χ1) is 24.4. The third kappa shape index (κ3) is 13.6. The van der Waals surface area contributed by atoms with Crippen molar-refractivity contribution >= 4 is 29.9 Å². The Morgan fingerprint density at radius 3 is 1.00 bits per heavy atom. The van der Waals surface area contributed by atoms with Crippen LogP contribution in [0.2, 0.25) is 0 Å². The van der Waals surface area contributed by atoms with Gasteiger partial charge in [-0.1, -0.05) is 121 Å². The smallest absolute Gasteiger partial charge is 0.329 e. The molecular weight excluding hydrogens is 640 g/mol. The Morgan fingerprint density at radius 2 is 0.700 bits per heavy atom. The molecule has 4 rings (SSSR count). The second-order valence-electron chi connectivity index (χ2n) is 11.3. The quantitative estimate of drug-likeness (QED) is 0.102. The molecule has 0 heterocycles. The van der Waals surface area contributed by atoms with Gasteiger partial charge in [0.05, 0.1) is 0 Å². The molecule has 260 valence electrons. The normalized spacial score (nSPS) is 11.7. The average Bonchev–Trinajstić information content (AvgIpc) is 3.16. The number of ether oxygens (including phenoxy) is 4. The van der Waals surface area contributed by atoms with E-state index in [4.69, 9.17) is 18.9 Å². The average molecular weight is 681 g/mol. The molecule has 0 spiro atoms. The molecule has 0 aliphatic carbocycles. The van der Waals surface area contributed by atoms with Crippen molar-refractivity contribution in [1.29, 1.82) is 0 Å². The van der Waals surface area contributed by atoms with Crippen LogP contribution in [0.15, 0.2) is 121 Å². The lowest BCUT2D eigenvalue weighted by atomic mass is 10.1. The predicted octanol–water partition coefficient (Wildman–Crippen LogP) is 5.56. The van der Waals surface area contributed by atoms with Crippen LogP contribution in [0.4, 0.5) is 4.79 Å². The van der Waals surface area contributed by atoms with Gasteiger partial charge in [0.15, 0.2) is 0 Å². The standard InChI is InChI=1S/C39H40N2O9/c42-35(47-25-29-13-5-1-6-14-29)23-21-33(37(44)49-27-31-17-9-3-10-18-31)40-39(46)41-34(38(45)50-28-32-19-11-4-12-20-32)22-24-36(43)48-26-30-15-7-2-8-16-30/h1-20,33-34H,21-28H2,(H2,40,41,46)/t33-,34?/m0/s1. The first-order valence-electron chi connectivity index (χ1n) is 16.2. The topological polar surface area (TPSA) is 146 Å². The molecule has 1 unspecified atom stereocenters. The van der Waals surface area contributed by atoms with Crippen LogP contribution in [-0.2, 0) is 64.6 Å². The van der Waals surface area contributed by atoms with E-state index in [0.717, 1.165) is 22.3 Å². The largest absolute Gasteiger partial charge is 0.461 e. The van der Waals surface area contributed by atoms with Gasteiger partial charge >= 0.3 is 29.9 Å². The molecule has 4 aromatic carbocycles. The highest BCUT2D eigenvalue weighted by Gasteiger charge is 2.28. The van der Waals surface area contributed by atoms with Gasteiger partial charge in [0.25, 0.3) is 0 Å². The van der Waals surface area contributed by atoms with Crippen LogP contribution in [0.5, 0.6) is 0 Å². The van der Waals surface area contributed by atoms with Crippen LogP contribution in [0, 0.1) is 0 Å². The fourth-order valence-electron chi connectivity index (χ4n) is 4.66. The van der Waals surface area contributed by atoms with E-state index in [1.54, 1.807) is 48.5 Å². The fraction of sp³-hybridized carbons (Fsp3) is 0.256. The van der Waals surface area contributed by atoms with Crippen LogP contribution in [-0.4, -0.2) is 42.0 Å². The highest BCUT2D eigenvalue weighted by Crippen LogP contribution is 2.11. The van der Waals surface area contributed by atoms with E-state index in [0.29, 0.717) is 0 Å². The second-order valence-corrected chi connectivity index (χ2v) is 11.3. The van der Waals surface area contributed by atoms with Crippen molar-refractivity contribution in [3.8, 4) is 0 Å². The molecule has 2 atom stereocenters. The number of urea groups is 1. The zero-order chi connectivity index (χ0) is 35.4. The van der Waals surface area contributed by atoms with E-state index in [1.807, 2.05) is 72.8 Å². The summed E-state index contributed by atoms with van der Waals surface area (Å²) in [6.45, 7) is -0.0105. The van der Waals surface area contributed by atoms with Crippen molar-refractivity contribution in [1.82, 2.24) is 10.6 Å². The lowest BCUT2D eigenvalue weighted by molar-refractivity contribution is -0.150. The van der Waals surface area contributed by atoms with Gasteiger partial charge in [-0.05, 0) is 35.1 Å². The summed E-state index contributed by atoms with van der Waals surface area (Å²) in [5.74, 6) is -2.72. The van der Waals surface area contributed by atoms with Crippen molar-refractivity contribution in [2.45, 2.75) is 64.2 Å². The SMILES string of the molecule is O=C(NC(CCC(=O)OCc1ccccc1)C(=O)OCc1ccccc1)N[C@@H](CCC(=O)OCc1ccccc1)C(=O)OCc1ccccc1. The molecule has 11 heteroatoms. The maximum Gasteiger partial charge on any atom is 0.329 e. The highest BCUT2D eigenvalue weighted by molar-refractivity contribution is 5.87. The first kappa shape index (κ1) is 36.9. The molecule has 11 nitrogen and oxygen atoms in total. The van der Waals surface area contributed by atoms with Crippen molar-refractivity contribution in [2.24, 2.45) is 0 Å². The molecule has 4 aromatic rings. The Hall–Kier alpha value is -5.97. The van der Waals surface area contributed by atoms with Crippen LogP contribution < -0.4 is 10.6 Å². The molecule has 2 amide bonds. The lowest BCUT2D eigenvalue weighted by Gasteiger charge is -2.21. The summed E-state index contributed by atoms with van der Waals surface area (Å²) in [6.07, 6.45) is -0.671. The minimum atomic E-state index is -1.26. The summed E-state index contributed by atoms with van der Waals surface area (Å²) in [5, 5.41) is 5.04. The summed E-state index contributed by atoms with van der Waals surface area (Å²) < 4.78 is 21.6. The molecule has 0 radical (unpaired) electrons. The Labute approximate surface area is 290 Å². The summed E-state index contributed by atoms with van der Waals surface area (Å²) >= 11 is 0. The summed E-state index contributed by atoms with van der Waals surface area (Å²) in [5.41, 5.74) is 3.05. The molecule has 0 aromatic heterocycles. The molecule has 0 saturated carbocycles. The predicted molar refractivity (Wildman–Crippen MR) is 183 cm³/mol. The summed E-state index contributed by atoms with van der Waals surface area (Å²) in [7, 11) is 0. The van der Waals surface area contributed by atoms with Gasteiger partial charge in [-0.15, -0.1) is 0 Å². The van der Waals surface area contributed by atoms with E-state index in [9.17, 15) is 24.0 Å². The monoisotopic (exact) mass is 680 g/mol. The van der Waals surface area contributed by atoms with Crippen molar-refractivity contribution in [3.63, 3.8) is 0 Å². The number of carbonyl (C=O) groups is 5. The number of hydrogen-bond donors (Lipinski definition) is 2. The molecule has 0 saturated heterocycles. The minimum absolute atomic E-state index is 0.0528. The number of carbonyl (C=O) groups excluding carboxylic acids is 5. The van der Waals surface area contributed by atoms with Crippen LogP contribution in [0.1, 0.15) is 47.9 Å². The Morgan fingerprint density at radius 1 is 0.420 bits per heavy atom. The first-order valence-corrected chi connectivity index (χ1v) is 16.2. The molecule has 50 heavy (non-hydrogen) atoms. The van der Waals surface area contributed by atoms with Gasteiger partial charge in [-0.2, -0.15) is 0 Å². The van der Waals surface area contributed by atoms with Crippen LogP contribution >= 0.6 is 0 Å². The molecule has 0 bridgehead atoms. The van der Waals surface area contributed by atoms with E-state index in [-0.39, 0.29) is 52.1 Å². The Kier molecular flexibility index (Phi) is 15.0.